The molecule has 1 aromatic carbocycles. The Morgan fingerprint density at radius 2 is 2.22 bits per heavy atom. The average molecular weight is 245 g/mol. The monoisotopic (exact) mass is 245 g/mol. The van der Waals surface area contributed by atoms with Crippen LogP contribution in [-0.4, -0.2) is 37.1 Å². The Kier molecular flexibility index (Phi) is 4.53. The molecule has 18 heavy (non-hydrogen) atoms. The van der Waals surface area contributed by atoms with Gasteiger partial charge in [0, 0.05) is 6.54 Å². The predicted octanol–water partition coefficient (Wildman–Crippen LogP) is 2.34. The maximum absolute atomic E-state index is 11.6. The summed E-state index contributed by atoms with van der Waals surface area (Å²) >= 11 is 0. The van der Waals surface area contributed by atoms with Gasteiger partial charge in [-0.15, -0.1) is 0 Å². The first-order valence-electron chi connectivity index (χ1n) is 6.35. The van der Waals surface area contributed by atoms with E-state index in [4.69, 9.17) is 4.74 Å². The summed E-state index contributed by atoms with van der Waals surface area (Å²) in [7, 11) is 1.46. The molecule has 2 rings (SSSR count). The first-order valence-corrected chi connectivity index (χ1v) is 6.35. The van der Waals surface area contributed by atoms with Crippen LogP contribution in [0.4, 0.5) is 0 Å². The minimum Gasteiger partial charge on any atom is -0.468 e. The first kappa shape index (κ1) is 12.8. The van der Waals surface area contributed by atoms with Crippen molar-refractivity contribution in [2.45, 2.75) is 18.9 Å². The van der Waals surface area contributed by atoms with E-state index in [1.807, 2.05) is 18.2 Å². The minimum atomic E-state index is -0.111. The molecule has 3 heteroatoms. The normalized spacial score (nSPS) is 20.4. The molecule has 1 atom stereocenters. The van der Waals surface area contributed by atoms with Gasteiger partial charge in [-0.25, -0.2) is 0 Å². The van der Waals surface area contributed by atoms with Gasteiger partial charge in [0.25, 0.3) is 0 Å². The minimum absolute atomic E-state index is 0.0598. The smallest absolute Gasteiger partial charge is 0.323 e. The van der Waals surface area contributed by atoms with Crippen molar-refractivity contribution in [1.82, 2.24) is 4.90 Å². The number of carbonyl (C=O) groups excluding carboxylic acids is 1. The average Bonchev–Trinajstić information content (AvgIpc) is 2.87. The Bertz CT molecular complexity index is 414. The number of esters is 1. The highest BCUT2D eigenvalue weighted by Gasteiger charge is 2.30. The molecular weight excluding hydrogens is 226 g/mol. The molecule has 0 amide bonds. The molecule has 1 aliphatic rings. The van der Waals surface area contributed by atoms with Crippen molar-refractivity contribution in [3.8, 4) is 0 Å². The van der Waals surface area contributed by atoms with Gasteiger partial charge >= 0.3 is 5.97 Å². The van der Waals surface area contributed by atoms with Crippen molar-refractivity contribution in [1.29, 1.82) is 0 Å². The fraction of sp³-hybridized carbons (Fsp3) is 0.400. The van der Waals surface area contributed by atoms with Crippen molar-refractivity contribution in [2.24, 2.45) is 0 Å². The molecule has 0 spiro atoms. The zero-order valence-corrected chi connectivity index (χ0v) is 10.7. The van der Waals surface area contributed by atoms with Gasteiger partial charge in [-0.1, -0.05) is 42.5 Å². The number of carbonyl (C=O) groups is 1. The summed E-state index contributed by atoms with van der Waals surface area (Å²) in [6.45, 7) is 1.77. The standard InChI is InChI=1S/C15H19NO2/c1-18-15(17)14-10-6-12-16(14)11-5-9-13-7-3-2-4-8-13/h2-5,7-9,14H,6,10-12H2,1H3. The van der Waals surface area contributed by atoms with Gasteiger partial charge in [-0.05, 0) is 24.9 Å². The molecular formula is C15H19NO2. The highest BCUT2D eigenvalue weighted by Crippen LogP contribution is 2.18. The van der Waals surface area contributed by atoms with Crippen LogP contribution in [0.3, 0.4) is 0 Å². The summed E-state index contributed by atoms with van der Waals surface area (Å²) in [6.07, 6.45) is 6.17. The highest BCUT2D eigenvalue weighted by molar-refractivity contribution is 5.76. The highest BCUT2D eigenvalue weighted by atomic mass is 16.5. The van der Waals surface area contributed by atoms with E-state index in [2.05, 4.69) is 29.2 Å². The molecule has 0 aromatic heterocycles. The van der Waals surface area contributed by atoms with E-state index >= 15 is 0 Å². The van der Waals surface area contributed by atoms with E-state index in [0.717, 1.165) is 25.9 Å². The number of hydrogen-bond acceptors (Lipinski definition) is 3. The second-order valence-electron chi connectivity index (χ2n) is 4.49. The number of methoxy groups -OCH3 is 1. The Morgan fingerprint density at radius 3 is 2.94 bits per heavy atom. The predicted molar refractivity (Wildman–Crippen MR) is 72.1 cm³/mol. The molecule has 96 valence electrons. The number of nitrogens with zero attached hydrogens (tertiary/aromatic N) is 1. The van der Waals surface area contributed by atoms with Crippen LogP contribution >= 0.6 is 0 Å². The molecule has 1 aliphatic heterocycles. The maximum Gasteiger partial charge on any atom is 0.323 e. The summed E-state index contributed by atoms with van der Waals surface area (Å²) in [4.78, 5) is 13.7. The summed E-state index contributed by atoms with van der Waals surface area (Å²) in [5.41, 5.74) is 1.19. The number of ether oxygens (including phenoxy) is 1. The van der Waals surface area contributed by atoms with Crippen LogP contribution in [0.15, 0.2) is 36.4 Å². The lowest BCUT2D eigenvalue weighted by molar-refractivity contribution is -0.145. The Balaban J connectivity index is 1.90. The van der Waals surface area contributed by atoms with Gasteiger partial charge in [-0.2, -0.15) is 0 Å². The van der Waals surface area contributed by atoms with E-state index in [9.17, 15) is 4.79 Å². The lowest BCUT2D eigenvalue weighted by Gasteiger charge is -2.20. The molecule has 0 bridgehead atoms. The molecule has 0 N–H and O–H groups in total. The third kappa shape index (κ3) is 3.20. The third-order valence-corrected chi connectivity index (χ3v) is 3.29. The molecule has 0 saturated carbocycles. The Hall–Kier alpha value is -1.61. The molecule has 1 heterocycles. The van der Waals surface area contributed by atoms with Crippen molar-refractivity contribution < 1.29 is 9.53 Å². The maximum atomic E-state index is 11.6. The summed E-state index contributed by atoms with van der Waals surface area (Å²) in [6, 6.07) is 10.1. The Morgan fingerprint density at radius 1 is 1.44 bits per heavy atom. The fourth-order valence-electron chi connectivity index (χ4n) is 2.34. The molecule has 1 saturated heterocycles. The van der Waals surface area contributed by atoms with Gasteiger partial charge in [0.15, 0.2) is 0 Å². The van der Waals surface area contributed by atoms with Gasteiger partial charge in [-0.3, -0.25) is 9.69 Å². The number of likely N-dealkylation sites (tertiary alicyclic amines) is 1. The van der Waals surface area contributed by atoms with E-state index < -0.39 is 0 Å². The Labute approximate surface area is 108 Å². The number of hydrogen-bond donors (Lipinski definition) is 0. The summed E-state index contributed by atoms with van der Waals surface area (Å²) in [5.74, 6) is -0.111. The van der Waals surface area contributed by atoms with Crippen molar-refractivity contribution in [3.63, 3.8) is 0 Å². The van der Waals surface area contributed by atoms with E-state index in [0.29, 0.717) is 0 Å². The van der Waals surface area contributed by atoms with Crippen molar-refractivity contribution in [3.05, 3.63) is 42.0 Å². The zero-order valence-electron chi connectivity index (χ0n) is 10.7. The van der Waals surface area contributed by atoms with E-state index in [1.54, 1.807) is 0 Å². The van der Waals surface area contributed by atoms with Crippen LogP contribution in [0, 0.1) is 0 Å². The van der Waals surface area contributed by atoms with Crippen LogP contribution < -0.4 is 0 Å². The van der Waals surface area contributed by atoms with E-state index in [1.165, 1.54) is 12.7 Å². The topological polar surface area (TPSA) is 29.5 Å². The summed E-state index contributed by atoms with van der Waals surface area (Å²) in [5, 5.41) is 0. The van der Waals surface area contributed by atoms with E-state index in [-0.39, 0.29) is 12.0 Å². The van der Waals surface area contributed by atoms with Crippen LogP contribution in [0.25, 0.3) is 6.08 Å². The van der Waals surface area contributed by atoms with Gasteiger partial charge in [0.05, 0.1) is 7.11 Å². The van der Waals surface area contributed by atoms with Crippen LogP contribution in [-0.2, 0) is 9.53 Å². The fourth-order valence-corrected chi connectivity index (χ4v) is 2.34. The van der Waals surface area contributed by atoms with Crippen molar-refractivity contribution in [2.75, 3.05) is 20.2 Å². The van der Waals surface area contributed by atoms with Crippen LogP contribution in [0.5, 0.6) is 0 Å². The van der Waals surface area contributed by atoms with Gasteiger partial charge in [0.2, 0.25) is 0 Å². The molecule has 0 aliphatic carbocycles. The molecule has 0 radical (unpaired) electrons. The first-order chi connectivity index (χ1) is 8.81. The number of rotatable bonds is 4. The van der Waals surface area contributed by atoms with Crippen molar-refractivity contribution >= 4 is 12.0 Å². The van der Waals surface area contributed by atoms with Crippen LogP contribution in [0.1, 0.15) is 18.4 Å². The second kappa shape index (κ2) is 6.36. The molecule has 1 aromatic rings. The van der Waals surface area contributed by atoms with Gasteiger partial charge in [0.1, 0.15) is 6.04 Å². The summed E-state index contributed by atoms with van der Waals surface area (Å²) < 4.78 is 4.82. The van der Waals surface area contributed by atoms with Crippen LogP contribution in [0.2, 0.25) is 0 Å². The number of benzene rings is 1. The molecule has 1 fully saturated rings. The lowest BCUT2D eigenvalue weighted by atomic mass is 10.2. The SMILES string of the molecule is COC(=O)C1CCCN1CC=Cc1ccccc1. The largest absolute Gasteiger partial charge is 0.468 e. The second-order valence-corrected chi connectivity index (χ2v) is 4.49. The molecule has 1 unspecified atom stereocenters. The quantitative estimate of drug-likeness (QED) is 0.763. The third-order valence-electron chi connectivity index (χ3n) is 3.29. The lowest BCUT2D eigenvalue weighted by Crippen LogP contribution is -2.36. The molecule has 3 nitrogen and oxygen atoms in total. The zero-order chi connectivity index (χ0) is 12.8. The van der Waals surface area contributed by atoms with Gasteiger partial charge < -0.3 is 4.74 Å².